The van der Waals surface area contributed by atoms with E-state index in [4.69, 9.17) is 14.7 Å². The summed E-state index contributed by atoms with van der Waals surface area (Å²) in [5.41, 5.74) is 0.356. The van der Waals surface area contributed by atoms with E-state index < -0.39 is 0 Å². The number of fused-ring (bicyclic) bond motifs is 1. The largest absolute Gasteiger partial charge is 0.348 e. The van der Waals surface area contributed by atoms with E-state index in [2.05, 4.69) is 6.07 Å². The third-order valence-electron chi connectivity index (χ3n) is 4.16. The highest BCUT2D eigenvalue weighted by Gasteiger charge is 2.61. The topological polar surface area (TPSA) is 42.2 Å². The molecule has 3 rings (SSSR count). The van der Waals surface area contributed by atoms with Gasteiger partial charge in [-0.1, -0.05) is 0 Å². The first-order valence-electron chi connectivity index (χ1n) is 5.44. The summed E-state index contributed by atoms with van der Waals surface area (Å²) in [6.07, 6.45) is 5.08. The summed E-state index contributed by atoms with van der Waals surface area (Å²) in [5, 5.41) is 8.75. The van der Waals surface area contributed by atoms with Gasteiger partial charge in [0.25, 0.3) is 0 Å². The monoisotopic (exact) mass is 193 g/mol. The average molecular weight is 193 g/mol. The van der Waals surface area contributed by atoms with Gasteiger partial charge in [0.05, 0.1) is 19.3 Å². The molecule has 0 radical (unpaired) electrons. The fourth-order valence-electron chi connectivity index (χ4n) is 3.17. The first-order valence-corrected chi connectivity index (χ1v) is 5.44. The molecule has 0 amide bonds. The molecule has 0 bridgehead atoms. The van der Waals surface area contributed by atoms with E-state index in [0.717, 1.165) is 38.9 Å². The molecule has 76 valence electrons. The number of nitriles is 1. The van der Waals surface area contributed by atoms with Gasteiger partial charge in [-0.05, 0) is 24.2 Å². The van der Waals surface area contributed by atoms with Crippen LogP contribution in [-0.2, 0) is 9.47 Å². The van der Waals surface area contributed by atoms with Gasteiger partial charge in [0.2, 0.25) is 0 Å². The standard InChI is InChI=1S/C11H15NO2/c12-4-3-10-1-2-11(8-9(10)7-10)13-5-6-14-11/h9H,1-3,5-8H2. The molecule has 2 aliphatic carbocycles. The smallest absolute Gasteiger partial charge is 0.168 e. The highest BCUT2D eigenvalue weighted by molar-refractivity contribution is 5.11. The molecule has 0 N–H and O–H groups in total. The normalized spacial score (nSPS) is 43.2. The number of rotatable bonds is 1. The Morgan fingerprint density at radius 2 is 2.00 bits per heavy atom. The predicted octanol–water partition coefficient (Wildman–Crippen LogP) is 1.83. The molecule has 3 fully saturated rings. The van der Waals surface area contributed by atoms with Crippen LogP contribution in [0, 0.1) is 22.7 Å². The summed E-state index contributed by atoms with van der Waals surface area (Å²) in [7, 11) is 0. The van der Waals surface area contributed by atoms with Crippen molar-refractivity contribution in [2.75, 3.05) is 13.2 Å². The van der Waals surface area contributed by atoms with Crippen LogP contribution in [0.4, 0.5) is 0 Å². The lowest BCUT2D eigenvalue weighted by Crippen LogP contribution is -2.35. The SMILES string of the molecule is N#CCC12CCC3(CC1C2)OCCO3. The highest BCUT2D eigenvalue weighted by atomic mass is 16.7. The number of nitrogens with zero attached hydrogens (tertiary/aromatic N) is 1. The van der Waals surface area contributed by atoms with Crippen molar-refractivity contribution in [2.45, 2.75) is 37.9 Å². The maximum Gasteiger partial charge on any atom is 0.168 e. The number of hydrogen-bond donors (Lipinski definition) is 0. The van der Waals surface area contributed by atoms with Gasteiger partial charge < -0.3 is 9.47 Å². The zero-order valence-electron chi connectivity index (χ0n) is 8.29. The second-order valence-corrected chi connectivity index (χ2v) is 4.91. The third kappa shape index (κ3) is 1.11. The zero-order valence-corrected chi connectivity index (χ0v) is 8.29. The third-order valence-corrected chi connectivity index (χ3v) is 4.16. The Kier molecular flexibility index (Phi) is 1.68. The number of hydrogen-bond acceptors (Lipinski definition) is 3. The van der Waals surface area contributed by atoms with E-state index in [1.165, 1.54) is 6.42 Å². The van der Waals surface area contributed by atoms with Crippen LogP contribution in [0.3, 0.4) is 0 Å². The van der Waals surface area contributed by atoms with Crippen molar-refractivity contribution in [2.24, 2.45) is 11.3 Å². The Labute approximate surface area is 84.0 Å². The van der Waals surface area contributed by atoms with E-state index in [1.807, 2.05) is 0 Å². The first kappa shape index (κ1) is 8.70. The minimum Gasteiger partial charge on any atom is -0.348 e. The molecule has 1 saturated heterocycles. The van der Waals surface area contributed by atoms with E-state index >= 15 is 0 Å². The fourth-order valence-corrected chi connectivity index (χ4v) is 3.17. The second kappa shape index (κ2) is 2.71. The Bertz CT molecular complexity index is 290. The lowest BCUT2D eigenvalue weighted by molar-refractivity contribution is -0.183. The molecule has 3 heteroatoms. The van der Waals surface area contributed by atoms with Gasteiger partial charge in [-0.25, -0.2) is 0 Å². The fraction of sp³-hybridized carbons (Fsp3) is 0.909. The molecule has 14 heavy (non-hydrogen) atoms. The van der Waals surface area contributed by atoms with Crippen LogP contribution in [-0.4, -0.2) is 19.0 Å². The predicted molar refractivity (Wildman–Crippen MR) is 49.3 cm³/mol. The van der Waals surface area contributed by atoms with Gasteiger partial charge in [0, 0.05) is 19.3 Å². The van der Waals surface area contributed by atoms with Gasteiger partial charge in [-0.3, -0.25) is 0 Å². The molecule has 0 aromatic carbocycles. The highest BCUT2D eigenvalue weighted by Crippen LogP contribution is 2.66. The Balaban J connectivity index is 1.70. The lowest BCUT2D eigenvalue weighted by Gasteiger charge is -2.34. The lowest BCUT2D eigenvalue weighted by atomic mass is 9.83. The van der Waals surface area contributed by atoms with E-state index in [-0.39, 0.29) is 5.79 Å². The molecule has 3 nitrogen and oxygen atoms in total. The molecule has 2 unspecified atom stereocenters. The molecule has 1 heterocycles. The summed E-state index contributed by atoms with van der Waals surface area (Å²) in [6.45, 7) is 1.50. The van der Waals surface area contributed by atoms with Crippen LogP contribution in [0.5, 0.6) is 0 Å². The van der Waals surface area contributed by atoms with Gasteiger partial charge >= 0.3 is 0 Å². The van der Waals surface area contributed by atoms with Crippen LogP contribution in [0.25, 0.3) is 0 Å². The summed E-state index contributed by atoms with van der Waals surface area (Å²) in [4.78, 5) is 0. The van der Waals surface area contributed by atoms with Crippen molar-refractivity contribution in [3.63, 3.8) is 0 Å². The molecular weight excluding hydrogens is 178 g/mol. The molecule has 1 spiro atoms. The maximum atomic E-state index is 8.75. The average Bonchev–Trinajstić information content (AvgIpc) is 2.66. The molecule has 3 aliphatic rings. The second-order valence-electron chi connectivity index (χ2n) is 4.91. The Morgan fingerprint density at radius 3 is 2.64 bits per heavy atom. The van der Waals surface area contributed by atoms with Gasteiger partial charge in [-0.15, -0.1) is 0 Å². The van der Waals surface area contributed by atoms with Crippen LogP contribution < -0.4 is 0 Å². The van der Waals surface area contributed by atoms with E-state index in [9.17, 15) is 0 Å². The Hall–Kier alpha value is -0.590. The molecular formula is C11H15NO2. The molecule has 0 aromatic rings. The van der Waals surface area contributed by atoms with E-state index in [1.54, 1.807) is 0 Å². The van der Waals surface area contributed by atoms with Crippen LogP contribution in [0.1, 0.15) is 32.1 Å². The van der Waals surface area contributed by atoms with Gasteiger partial charge in [-0.2, -0.15) is 5.26 Å². The Morgan fingerprint density at radius 1 is 1.21 bits per heavy atom. The minimum absolute atomic E-state index is 0.250. The molecule has 2 saturated carbocycles. The van der Waals surface area contributed by atoms with Crippen molar-refractivity contribution in [1.82, 2.24) is 0 Å². The van der Waals surface area contributed by atoms with Crippen molar-refractivity contribution in [3.05, 3.63) is 0 Å². The summed E-state index contributed by atoms with van der Waals surface area (Å²) in [5.74, 6) is 0.439. The van der Waals surface area contributed by atoms with Crippen molar-refractivity contribution in [1.29, 1.82) is 5.26 Å². The van der Waals surface area contributed by atoms with Gasteiger partial charge in [0.15, 0.2) is 5.79 Å². The van der Waals surface area contributed by atoms with Crippen molar-refractivity contribution >= 4 is 0 Å². The summed E-state index contributed by atoms with van der Waals surface area (Å²) >= 11 is 0. The quantitative estimate of drug-likeness (QED) is 0.638. The van der Waals surface area contributed by atoms with Crippen molar-refractivity contribution < 1.29 is 9.47 Å². The van der Waals surface area contributed by atoms with Crippen molar-refractivity contribution in [3.8, 4) is 6.07 Å². The summed E-state index contributed by atoms with van der Waals surface area (Å²) in [6, 6.07) is 2.32. The molecule has 1 aliphatic heterocycles. The maximum absolute atomic E-state index is 8.75. The van der Waals surface area contributed by atoms with E-state index in [0.29, 0.717) is 11.3 Å². The van der Waals surface area contributed by atoms with Gasteiger partial charge in [0.1, 0.15) is 0 Å². The van der Waals surface area contributed by atoms with Crippen LogP contribution in [0.15, 0.2) is 0 Å². The number of ether oxygens (including phenoxy) is 2. The van der Waals surface area contributed by atoms with Crippen LogP contribution in [0.2, 0.25) is 0 Å². The first-order chi connectivity index (χ1) is 6.79. The molecule has 2 atom stereocenters. The molecule has 0 aromatic heterocycles. The zero-order chi connectivity index (χ0) is 9.65. The summed E-state index contributed by atoms with van der Waals surface area (Å²) < 4.78 is 11.4. The minimum atomic E-state index is -0.250. The van der Waals surface area contributed by atoms with Crippen LogP contribution >= 0.6 is 0 Å².